The van der Waals surface area contributed by atoms with E-state index in [1.807, 2.05) is 0 Å². The number of nitrogens with zero attached hydrogens (tertiary/aromatic N) is 1. The number of carbonyl (C=O) groups excluding carboxylic acids is 2. The Hall–Kier alpha value is -3.00. The molecule has 8 heteroatoms. The lowest BCUT2D eigenvalue weighted by molar-refractivity contribution is 0.0746. The number of aryl methyl sites for hydroxylation is 1. The van der Waals surface area contributed by atoms with Gasteiger partial charge in [-0.1, -0.05) is 6.07 Å². The minimum Gasteiger partial charge on any atom is -0.459 e. The van der Waals surface area contributed by atoms with Crippen LogP contribution in [0.1, 0.15) is 44.3 Å². The molecule has 2 heterocycles. The van der Waals surface area contributed by atoms with Gasteiger partial charge >= 0.3 is 0 Å². The fourth-order valence-electron chi connectivity index (χ4n) is 2.67. The van der Waals surface area contributed by atoms with Crippen LogP contribution in [0, 0.1) is 18.6 Å². The van der Waals surface area contributed by atoms with Crippen molar-refractivity contribution in [3.8, 4) is 0 Å². The molecule has 0 aliphatic carbocycles. The van der Waals surface area contributed by atoms with Crippen molar-refractivity contribution in [2.75, 3.05) is 12.4 Å². The quantitative estimate of drug-likeness (QED) is 0.650. The first-order valence-electron chi connectivity index (χ1n) is 8.45. The number of carbonyl (C=O) groups is 2. The summed E-state index contributed by atoms with van der Waals surface area (Å²) in [4.78, 5) is 26.9. The molecule has 0 bridgehead atoms. The summed E-state index contributed by atoms with van der Waals surface area (Å²) < 4.78 is 31.7. The second-order valence-corrected chi connectivity index (χ2v) is 7.37. The largest absolute Gasteiger partial charge is 0.459 e. The van der Waals surface area contributed by atoms with Crippen molar-refractivity contribution in [2.45, 2.75) is 19.9 Å². The lowest BCUT2D eigenvalue weighted by Gasteiger charge is -2.25. The number of anilines is 1. The topological polar surface area (TPSA) is 62.6 Å². The van der Waals surface area contributed by atoms with Crippen molar-refractivity contribution in [2.24, 2.45) is 0 Å². The molecule has 1 N–H and O–H groups in total. The van der Waals surface area contributed by atoms with Crippen molar-refractivity contribution < 1.29 is 22.8 Å². The van der Waals surface area contributed by atoms with Crippen LogP contribution in [-0.4, -0.2) is 23.8 Å². The zero-order valence-corrected chi connectivity index (χ0v) is 16.3. The highest BCUT2D eigenvalue weighted by atomic mass is 32.1. The van der Waals surface area contributed by atoms with Crippen molar-refractivity contribution in [3.05, 3.63) is 76.1 Å². The first-order chi connectivity index (χ1) is 13.3. The van der Waals surface area contributed by atoms with Gasteiger partial charge in [0, 0.05) is 7.05 Å². The maximum atomic E-state index is 13.5. The molecular formula is C20H18F2N2O3S. The van der Waals surface area contributed by atoms with E-state index in [1.54, 1.807) is 39.1 Å². The normalized spacial score (nSPS) is 11.9. The standard InChI is InChI=1S/C20H18F2N2O3S/c1-11-9-17(23-19(25)16-5-4-8-27-16)28-18(11)20(26)24(3)12(2)13-6-7-14(21)15(22)10-13/h4-10,12H,1-3H3,(H,23,25). The van der Waals surface area contributed by atoms with Crippen LogP contribution >= 0.6 is 11.3 Å². The highest BCUT2D eigenvalue weighted by Gasteiger charge is 2.24. The Morgan fingerprint density at radius 2 is 1.93 bits per heavy atom. The molecule has 146 valence electrons. The van der Waals surface area contributed by atoms with Gasteiger partial charge in [-0.15, -0.1) is 11.3 Å². The number of benzene rings is 1. The summed E-state index contributed by atoms with van der Waals surface area (Å²) in [5.74, 6) is -2.41. The highest BCUT2D eigenvalue weighted by molar-refractivity contribution is 7.18. The number of thiophene rings is 1. The van der Waals surface area contributed by atoms with Gasteiger partial charge in [0.15, 0.2) is 17.4 Å². The Balaban J connectivity index is 1.77. The third-order valence-corrected chi connectivity index (χ3v) is 5.56. The summed E-state index contributed by atoms with van der Waals surface area (Å²) in [5, 5.41) is 3.21. The number of hydrogen-bond donors (Lipinski definition) is 1. The molecule has 0 aliphatic heterocycles. The lowest BCUT2D eigenvalue weighted by Crippen LogP contribution is -2.29. The third kappa shape index (κ3) is 3.96. The Morgan fingerprint density at radius 3 is 2.57 bits per heavy atom. The molecule has 5 nitrogen and oxygen atoms in total. The van der Waals surface area contributed by atoms with Crippen molar-refractivity contribution >= 4 is 28.2 Å². The van der Waals surface area contributed by atoms with Gasteiger partial charge < -0.3 is 14.6 Å². The first kappa shape index (κ1) is 19.8. The van der Waals surface area contributed by atoms with Crippen molar-refractivity contribution in [3.63, 3.8) is 0 Å². The van der Waals surface area contributed by atoms with E-state index in [4.69, 9.17) is 4.42 Å². The van der Waals surface area contributed by atoms with E-state index in [0.717, 1.165) is 23.5 Å². The second kappa shape index (κ2) is 7.93. The maximum Gasteiger partial charge on any atom is 0.291 e. The van der Waals surface area contributed by atoms with Crippen LogP contribution in [0.25, 0.3) is 0 Å². The van der Waals surface area contributed by atoms with Crippen LogP contribution in [0.2, 0.25) is 0 Å². The predicted molar refractivity (Wildman–Crippen MR) is 103 cm³/mol. The molecule has 2 aromatic heterocycles. The third-order valence-electron chi connectivity index (χ3n) is 4.42. The van der Waals surface area contributed by atoms with E-state index in [9.17, 15) is 18.4 Å². The molecule has 2 amide bonds. The Kier molecular flexibility index (Phi) is 5.60. The maximum absolute atomic E-state index is 13.5. The number of furan rings is 1. The summed E-state index contributed by atoms with van der Waals surface area (Å²) in [5.41, 5.74) is 1.18. The molecule has 3 rings (SSSR count). The van der Waals surface area contributed by atoms with E-state index >= 15 is 0 Å². The molecule has 0 aliphatic rings. The Labute approximate surface area is 164 Å². The summed E-state index contributed by atoms with van der Waals surface area (Å²) in [6.07, 6.45) is 1.40. The molecule has 0 fully saturated rings. The first-order valence-corrected chi connectivity index (χ1v) is 9.27. The van der Waals surface area contributed by atoms with Crippen molar-refractivity contribution in [1.29, 1.82) is 0 Å². The van der Waals surface area contributed by atoms with Crippen molar-refractivity contribution in [1.82, 2.24) is 4.90 Å². The number of halogens is 2. The summed E-state index contributed by atoms with van der Waals surface area (Å²) >= 11 is 1.14. The molecule has 3 aromatic rings. The van der Waals surface area contributed by atoms with Gasteiger partial charge in [0.05, 0.1) is 22.2 Å². The molecule has 1 aromatic carbocycles. The molecule has 28 heavy (non-hydrogen) atoms. The summed E-state index contributed by atoms with van der Waals surface area (Å²) in [7, 11) is 1.59. The van der Waals surface area contributed by atoms with Crippen LogP contribution < -0.4 is 5.32 Å². The summed E-state index contributed by atoms with van der Waals surface area (Å²) in [6.45, 7) is 3.50. The number of rotatable bonds is 5. The smallest absolute Gasteiger partial charge is 0.291 e. The van der Waals surface area contributed by atoms with Gasteiger partial charge in [0.1, 0.15) is 0 Å². The minimum atomic E-state index is -0.958. The number of hydrogen-bond acceptors (Lipinski definition) is 4. The van der Waals surface area contributed by atoms with Gasteiger partial charge in [-0.05, 0) is 55.3 Å². The zero-order chi connectivity index (χ0) is 20.4. The Morgan fingerprint density at radius 1 is 1.18 bits per heavy atom. The van der Waals surface area contributed by atoms with E-state index in [2.05, 4.69) is 5.32 Å². The molecular weight excluding hydrogens is 386 g/mol. The van der Waals surface area contributed by atoms with E-state index in [-0.39, 0.29) is 11.7 Å². The molecule has 1 atom stereocenters. The lowest BCUT2D eigenvalue weighted by atomic mass is 10.1. The predicted octanol–water partition coefficient (Wildman–Crippen LogP) is 5.01. The van der Waals surface area contributed by atoms with Crippen LogP contribution in [-0.2, 0) is 0 Å². The van der Waals surface area contributed by atoms with E-state index < -0.39 is 23.6 Å². The summed E-state index contributed by atoms with van der Waals surface area (Å²) in [6, 6.07) is 7.96. The SMILES string of the molecule is Cc1cc(NC(=O)c2ccco2)sc1C(=O)N(C)C(C)c1ccc(F)c(F)c1. The zero-order valence-electron chi connectivity index (χ0n) is 15.5. The van der Waals surface area contributed by atoms with E-state index in [0.29, 0.717) is 21.0 Å². The molecule has 0 radical (unpaired) electrons. The average Bonchev–Trinajstić information content (AvgIpc) is 3.32. The second-order valence-electron chi connectivity index (χ2n) is 6.32. The number of nitrogens with one attached hydrogen (secondary N) is 1. The molecule has 0 saturated carbocycles. The van der Waals surface area contributed by atoms with Crippen LogP contribution in [0.3, 0.4) is 0 Å². The Bertz CT molecular complexity index is 1010. The molecule has 1 unspecified atom stereocenters. The average molecular weight is 404 g/mol. The van der Waals surface area contributed by atoms with Crippen LogP contribution in [0.4, 0.5) is 13.8 Å². The van der Waals surface area contributed by atoms with E-state index in [1.165, 1.54) is 17.2 Å². The van der Waals surface area contributed by atoms with Gasteiger partial charge in [-0.25, -0.2) is 8.78 Å². The fraction of sp³-hybridized carbons (Fsp3) is 0.200. The van der Waals surface area contributed by atoms with Gasteiger partial charge in [0.25, 0.3) is 11.8 Å². The van der Waals surface area contributed by atoms with Crippen LogP contribution in [0.15, 0.2) is 47.1 Å². The van der Waals surface area contributed by atoms with Gasteiger partial charge in [0.2, 0.25) is 0 Å². The molecule has 0 saturated heterocycles. The monoisotopic (exact) mass is 404 g/mol. The van der Waals surface area contributed by atoms with Gasteiger partial charge in [-0.2, -0.15) is 0 Å². The van der Waals surface area contributed by atoms with Gasteiger partial charge in [-0.3, -0.25) is 9.59 Å². The minimum absolute atomic E-state index is 0.169. The molecule has 0 spiro atoms. The number of amides is 2. The highest BCUT2D eigenvalue weighted by Crippen LogP contribution is 2.30. The fourth-order valence-corrected chi connectivity index (χ4v) is 3.72. The van der Waals surface area contributed by atoms with Crippen LogP contribution in [0.5, 0.6) is 0 Å².